The van der Waals surface area contributed by atoms with E-state index in [4.69, 9.17) is 11.6 Å². The number of aromatic nitrogens is 2. The number of thiazole rings is 1. The van der Waals surface area contributed by atoms with Crippen molar-refractivity contribution in [3.05, 3.63) is 46.6 Å². The molecule has 0 aliphatic heterocycles. The average Bonchev–Trinajstić information content (AvgIpc) is 3.31. The van der Waals surface area contributed by atoms with Gasteiger partial charge in [0.25, 0.3) is 0 Å². The number of hydrogen-bond donors (Lipinski definition) is 1. The minimum atomic E-state index is 0.157. The molecular formula is C19H20ClN3OS. The number of nitrogens with one attached hydrogen (secondary N) is 1. The Labute approximate surface area is 155 Å². The van der Waals surface area contributed by atoms with Crippen LogP contribution in [0.1, 0.15) is 37.8 Å². The van der Waals surface area contributed by atoms with Gasteiger partial charge in [-0.15, -0.1) is 11.3 Å². The van der Waals surface area contributed by atoms with E-state index in [2.05, 4.69) is 20.1 Å². The minimum absolute atomic E-state index is 0.157. The van der Waals surface area contributed by atoms with Crippen LogP contribution in [0, 0.1) is 0 Å². The van der Waals surface area contributed by atoms with Gasteiger partial charge in [0.15, 0.2) is 4.96 Å². The maximum absolute atomic E-state index is 12.1. The summed E-state index contributed by atoms with van der Waals surface area (Å²) in [5.74, 6) is 0.157. The van der Waals surface area contributed by atoms with Gasteiger partial charge in [-0.1, -0.05) is 36.6 Å². The fourth-order valence-electron chi connectivity index (χ4n) is 3.38. The molecule has 1 fully saturated rings. The summed E-state index contributed by atoms with van der Waals surface area (Å²) in [5.41, 5.74) is 3.11. The maximum Gasteiger partial charge on any atom is 0.220 e. The third-order valence-corrected chi connectivity index (χ3v) is 5.89. The fraction of sp³-hybridized carbons (Fsp3) is 0.368. The van der Waals surface area contributed by atoms with Gasteiger partial charge in [-0.2, -0.15) is 0 Å². The number of hydrogen-bond acceptors (Lipinski definition) is 3. The zero-order valence-electron chi connectivity index (χ0n) is 13.9. The number of carbonyl (C=O) groups is 1. The fourth-order valence-corrected chi connectivity index (χ4v) is 4.41. The normalized spacial score (nSPS) is 15.1. The molecule has 1 aliphatic carbocycles. The molecule has 6 heteroatoms. The first kappa shape index (κ1) is 16.6. The van der Waals surface area contributed by atoms with Crippen LogP contribution >= 0.6 is 22.9 Å². The molecule has 1 aliphatic rings. The van der Waals surface area contributed by atoms with Gasteiger partial charge in [0, 0.05) is 40.3 Å². The van der Waals surface area contributed by atoms with Crippen molar-refractivity contribution < 1.29 is 4.79 Å². The molecule has 0 bridgehead atoms. The largest absolute Gasteiger partial charge is 0.353 e. The lowest BCUT2D eigenvalue weighted by atomic mass is 10.2. The molecule has 130 valence electrons. The summed E-state index contributed by atoms with van der Waals surface area (Å²) in [4.78, 5) is 17.8. The van der Waals surface area contributed by atoms with Gasteiger partial charge in [0.1, 0.15) is 0 Å². The summed E-state index contributed by atoms with van der Waals surface area (Å²) in [6, 6.07) is 8.09. The molecule has 0 spiro atoms. The summed E-state index contributed by atoms with van der Waals surface area (Å²) in [6.45, 7) is 0. The second kappa shape index (κ2) is 7.18. The standard InChI is InChI=1S/C19H20ClN3OS/c20-14-7-5-13(6-8-14)17-11-23-16(12-25-19(23)22-17)9-10-18(24)21-15-3-1-2-4-15/h5-8,11-12,15H,1-4,9-10H2,(H,21,24). The summed E-state index contributed by atoms with van der Waals surface area (Å²) in [5, 5.41) is 5.97. The summed E-state index contributed by atoms with van der Waals surface area (Å²) in [6.07, 6.45) is 8.02. The zero-order chi connectivity index (χ0) is 17.2. The molecule has 1 amide bonds. The van der Waals surface area contributed by atoms with Crippen molar-refractivity contribution >= 4 is 33.8 Å². The molecule has 0 radical (unpaired) electrons. The first-order chi connectivity index (χ1) is 12.2. The van der Waals surface area contributed by atoms with E-state index in [0.717, 1.165) is 46.2 Å². The van der Waals surface area contributed by atoms with Crippen molar-refractivity contribution in [2.45, 2.75) is 44.6 Å². The van der Waals surface area contributed by atoms with Gasteiger partial charge in [-0.3, -0.25) is 9.20 Å². The van der Waals surface area contributed by atoms with Gasteiger partial charge in [0.05, 0.1) is 5.69 Å². The van der Waals surface area contributed by atoms with Crippen molar-refractivity contribution in [3.8, 4) is 11.3 Å². The molecule has 2 aromatic heterocycles. The van der Waals surface area contributed by atoms with Gasteiger partial charge in [-0.05, 0) is 31.4 Å². The molecular weight excluding hydrogens is 354 g/mol. The van der Waals surface area contributed by atoms with E-state index in [9.17, 15) is 4.79 Å². The number of halogens is 1. The highest BCUT2D eigenvalue weighted by molar-refractivity contribution is 7.15. The Hall–Kier alpha value is -1.85. The van der Waals surface area contributed by atoms with Crippen LogP contribution in [-0.2, 0) is 11.2 Å². The lowest BCUT2D eigenvalue weighted by Gasteiger charge is -2.11. The van der Waals surface area contributed by atoms with Crippen molar-refractivity contribution in [1.82, 2.24) is 14.7 Å². The minimum Gasteiger partial charge on any atom is -0.353 e. The van der Waals surface area contributed by atoms with E-state index in [0.29, 0.717) is 12.5 Å². The Morgan fingerprint density at radius 1 is 1.28 bits per heavy atom. The van der Waals surface area contributed by atoms with Crippen LogP contribution in [0.4, 0.5) is 0 Å². The molecule has 0 unspecified atom stereocenters. The van der Waals surface area contributed by atoms with E-state index in [-0.39, 0.29) is 5.91 Å². The first-order valence-electron chi connectivity index (χ1n) is 8.70. The van der Waals surface area contributed by atoms with Crippen LogP contribution in [0.25, 0.3) is 16.2 Å². The van der Waals surface area contributed by atoms with Gasteiger partial charge in [-0.25, -0.2) is 4.98 Å². The van der Waals surface area contributed by atoms with Crippen LogP contribution in [0.5, 0.6) is 0 Å². The van der Waals surface area contributed by atoms with Crippen molar-refractivity contribution in [2.24, 2.45) is 0 Å². The second-order valence-electron chi connectivity index (χ2n) is 6.56. The quantitative estimate of drug-likeness (QED) is 0.704. The van der Waals surface area contributed by atoms with Crippen LogP contribution in [-0.4, -0.2) is 21.3 Å². The number of imidazole rings is 1. The molecule has 3 aromatic rings. The second-order valence-corrected chi connectivity index (χ2v) is 7.83. The lowest BCUT2D eigenvalue weighted by Crippen LogP contribution is -2.32. The highest BCUT2D eigenvalue weighted by atomic mass is 35.5. The van der Waals surface area contributed by atoms with Gasteiger partial charge in [0.2, 0.25) is 5.91 Å². The Bertz CT molecular complexity index is 878. The molecule has 1 saturated carbocycles. The number of fused-ring (bicyclic) bond motifs is 1. The third kappa shape index (κ3) is 3.72. The zero-order valence-corrected chi connectivity index (χ0v) is 15.4. The highest BCUT2D eigenvalue weighted by Gasteiger charge is 2.17. The Morgan fingerprint density at radius 2 is 2.04 bits per heavy atom. The maximum atomic E-state index is 12.1. The van der Waals surface area contributed by atoms with E-state index in [1.54, 1.807) is 11.3 Å². The first-order valence-corrected chi connectivity index (χ1v) is 9.95. The molecule has 4 rings (SSSR count). The van der Waals surface area contributed by atoms with Crippen LogP contribution < -0.4 is 5.32 Å². The Kier molecular flexibility index (Phi) is 4.77. The van der Waals surface area contributed by atoms with Gasteiger partial charge < -0.3 is 5.32 Å². The summed E-state index contributed by atoms with van der Waals surface area (Å²) < 4.78 is 2.09. The Balaban J connectivity index is 1.45. The number of carbonyl (C=O) groups excluding carboxylic acids is 1. The predicted octanol–water partition coefficient (Wildman–Crippen LogP) is 4.71. The summed E-state index contributed by atoms with van der Waals surface area (Å²) in [7, 11) is 0. The predicted molar refractivity (Wildman–Crippen MR) is 102 cm³/mol. The molecule has 0 atom stereocenters. The molecule has 2 heterocycles. The molecule has 1 N–H and O–H groups in total. The van der Waals surface area contributed by atoms with Crippen molar-refractivity contribution in [2.75, 3.05) is 0 Å². The van der Waals surface area contributed by atoms with E-state index in [1.807, 2.05) is 30.5 Å². The number of aryl methyl sites for hydroxylation is 1. The van der Waals surface area contributed by atoms with E-state index >= 15 is 0 Å². The van der Waals surface area contributed by atoms with Gasteiger partial charge >= 0.3 is 0 Å². The number of benzene rings is 1. The smallest absolute Gasteiger partial charge is 0.220 e. The van der Waals surface area contributed by atoms with E-state index < -0.39 is 0 Å². The molecule has 0 saturated heterocycles. The Morgan fingerprint density at radius 3 is 2.80 bits per heavy atom. The number of nitrogens with zero attached hydrogens (tertiary/aromatic N) is 2. The molecule has 1 aromatic carbocycles. The van der Waals surface area contributed by atoms with Crippen LogP contribution in [0.2, 0.25) is 5.02 Å². The summed E-state index contributed by atoms with van der Waals surface area (Å²) >= 11 is 7.56. The average molecular weight is 374 g/mol. The SMILES string of the molecule is O=C(CCc1csc2nc(-c3ccc(Cl)cc3)cn12)NC1CCCC1. The van der Waals surface area contributed by atoms with Crippen molar-refractivity contribution in [3.63, 3.8) is 0 Å². The van der Waals surface area contributed by atoms with E-state index in [1.165, 1.54) is 12.8 Å². The number of amides is 1. The van der Waals surface area contributed by atoms with Crippen LogP contribution in [0.3, 0.4) is 0 Å². The number of rotatable bonds is 5. The van der Waals surface area contributed by atoms with Crippen LogP contribution in [0.15, 0.2) is 35.8 Å². The molecule has 25 heavy (non-hydrogen) atoms. The highest BCUT2D eigenvalue weighted by Crippen LogP contribution is 2.25. The lowest BCUT2D eigenvalue weighted by molar-refractivity contribution is -0.121. The third-order valence-electron chi connectivity index (χ3n) is 4.75. The monoisotopic (exact) mass is 373 g/mol. The molecule has 4 nitrogen and oxygen atoms in total. The van der Waals surface area contributed by atoms with Crippen molar-refractivity contribution in [1.29, 1.82) is 0 Å². The topological polar surface area (TPSA) is 46.4 Å².